The van der Waals surface area contributed by atoms with Gasteiger partial charge in [0.05, 0.1) is 12.2 Å². The second kappa shape index (κ2) is 10.7. The molecule has 152 valence electrons. The van der Waals surface area contributed by atoms with Crippen molar-refractivity contribution in [3.63, 3.8) is 0 Å². The molecular formula is C23H30O4S. The van der Waals surface area contributed by atoms with Gasteiger partial charge in [0, 0.05) is 34.6 Å². The Kier molecular flexibility index (Phi) is 8.04. The Morgan fingerprint density at radius 1 is 1.11 bits per heavy atom. The molecule has 2 saturated heterocycles. The smallest absolute Gasteiger partial charge is 0.303 e. The van der Waals surface area contributed by atoms with E-state index < -0.39 is 16.8 Å². The summed E-state index contributed by atoms with van der Waals surface area (Å²) < 4.78 is 18.7. The first-order valence-corrected chi connectivity index (χ1v) is 11.7. The minimum absolute atomic E-state index is 0.222. The molecule has 3 rings (SSSR count). The largest absolute Gasteiger partial charge is 0.481 e. The van der Waals surface area contributed by atoms with E-state index >= 15 is 0 Å². The van der Waals surface area contributed by atoms with Gasteiger partial charge in [-0.2, -0.15) is 0 Å². The van der Waals surface area contributed by atoms with Crippen molar-refractivity contribution >= 4 is 22.8 Å². The number of unbranched alkanes of at least 4 members (excludes halogenated alkanes) is 1. The summed E-state index contributed by atoms with van der Waals surface area (Å²) in [5.74, 6) is 1.36. The number of carboxylic acid groups (broad SMARTS) is 1. The molecule has 1 aromatic carbocycles. The Labute approximate surface area is 170 Å². The minimum atomic E-state index is -0.878. The molecule has 0 spiro atoms. The van der Waals surface area contributed by atoms with Crippen molar-refractivity contribution in [2.24, 2.45) is 11.8 Å². The van der Waals surface area contributed by atoms with E-state index in [1.165, 1.54) is 0 Å². The van der Waals surface area contributed by atoms with E-state index in [9.17, 15) is 9.00 Å². The molecule has 2 fully saturated rings. The molecule has 2 heterocycles. The average Bonchev–Trinajstić information content (AvgIpc) is 3.27. The third kappa shape index (κ3) is 6.14. The van der Waals surface area contributed by atoms with Crippen molar-refractivity contribution < 1.29 is 18.8 Å². The highest BCUT2D eigenvalue weighted by atomic mass is 32.2. The molecule has 28 heavy (non-hydrogen) atoms. The lowest BCUT2D eigenvalue weighted by Crippen LogP contribution is -2.31. The Balaban J connectivity index is 1.46. The van der Waals surface area contributed by atoms with E-state index in [2.05, 4.69) is 12.2 Å². The minimum Gasteiger partial charge on any atom is -0.481 e. The van der Waals surface area contributed by atoms with Crippen LogP contribution in [0.15, 0.2) is 48.6 Å². The van der Waals surface area contributed by atoms with Gasteiger partial charge in [-0.3, -0.25) is 9.00 Å². The van der Waals surface area contributed by atoms with Crippen LogP contribution < -0.4 is 0 Å². The molecule has 1 aromatic rings. The lowest BCUT2D eigenvalue weighted by molar-refractivity contribution is -0.137. The Morgan fingerprint density at radius 2 is 1.86 bits per heavy atom. The molecule has 0 radical (unpaired) electrons. The van der Waals surface area contributed by atoms with E-state index in [0.29, 0.717) is 35.9 Å². The first-order valence-electron chi connectivity index (χ1n) is 10.2. The first-order chi connectivity index (χ1) is 13.6. The predicted octanol–water partition coefficient (Wildman–Crippen LogP) is 4.44. The zero-order chi connectivity index (χ0) is 19.8. The molecule has 0 aromatic heterocycles. The van der Waals surface area contributed by atoms with Gasteiger partial charge in [-0.15, -0.1) is 0 Å². The van der Waals surface area contributed by atoms with Gasteiger partial charge in [-0.25, -0.2) is 0 Å². The van der Waals surface area contributed by atoms with E-state index in [1.807, 2.05) is 42.5 Å². The summed E-state index contributed by atoms with van der Waals surface area (Å²) in [5.41, 5.74) is 1.13. The van der Waals surface area contributed by atoms with Crippen LogP contribution in [0.1, 0.15) is 44.1 Å². The maximum absolute atomic E-state index is 12.6. The number of carbonyl (C=O) groups is 1. The highest BCUT2D eigenvalue weighted by molar-refractivity contribution is 7.85. The van der Waals surface area contributed by atoms with Crippen LogP contribution in [0.3, 0.4) is 0 Å². The van der Waals surface area contributed by atoms with Gasteiger partial charge in [0.2, 0.25) is 0 Å². The van der Waals surface area contributed by atoms with Crippen molar-refractivity contribution in [2.75, 3.05) is 11.5 Å². The third-order valence-electron chi connectivity index (χ3n) is 5.70. The van der Waals surface area contributed by atoms with E-state index in [4.69, 9.17) is 9.84 Å². The van der Waals surface area contributed by atoms with Crippen LogP contribution in [-0.4, -0.2) is 39.0 Å². The molecule has 5 atom stereocenters. The molecule has 0 aliphatic carbocycles. The number of fused-ring (bicyclic) bond motifs is 2. The van der Waals surface area contributed by atoms with Crippen LogP contribution in [0.5, 0.6) is 0 Å². The van der Waals surface area contributed by atoms with Crippen LogP contribution >= 0.6 is 0 Å². The molecule has 0 saturated carbocycles. The van der Waals surface area contributed by atoms with Crippen molar-refractivity contribution in [1.29, 1.82) is 0 Å². The molecule has 2 bridgehead atoms. The molecule has 2 aliphatic rings. The Morgan fingerprint density at radius 3 is 2.61 bits per heavy atom. The van der Waals surface area contributed by atoms with Gasteiger partial charge in [-0.1, -0.05) is 54.6 Å². The maximum atomic E-state index is 12.6. The Hall–Kier alpha value is -1.72. The summed E-state index contributed by atoms with van der Waals surface area (Å²) in [6, 6.07) is 10.1. The fourth-order valence-corrected chi connectivity index (χ4v) is 5.65. The van der Waals surface area contributed by atoms with E-state index in [-0.39, 0.29) is 12.5 Å². The lowest BCUT2D eigenvalue weighted by Gasteiger charge is -2.26. The summed E-state index contributed by atoms with van der Waals surface area (Å²) >= 11 is 0. The molecule has 1 unspecified atom stereocenters. The summed E-state index contributed by atoms with van der Waals surface area (Å²) in [6.07, 6.45) is 13.7. The second-order valence-corrected chi connectivity index (χ2v) is 9.24. The number of allylic oxidation sites excluding steroid dienone is 2. The SMILES string of the molecule is O=C(O)CCCC=CC[C@@H]1[C@H](CS(=O)CC=Cc2ccccc2)[C@@H]2CC[C@H]1O2. The van der Waals surface area contributed by atoms with Crippen molar-refractivity contribution in [2.45, 2.75) is 50.7 Å². The molecular weight excluding hydrogens is 372 g/mol. The van der Waals surface area contributed by atoms with Gasteiger partial charge in [-0.05, 0) is 43.6 Å². The van der Waals surface area contributed by atoms with Crippen LogP contribution in [0, 0.1) is 11.8 Å². The Bertz CT molecular complexity index is 713. The molecule has 5 heteroatoms. The monoisotopic (exact) mass is 402 g/mol. The van der Waals surface area contributed by atoms with Crippen molar-refractivity contribution in [1.82, 2.24) is 0 Å². The number of rotatable bonds is 11. The zero-order valence-electron chi connectivity index (χ0n) is 16.2. The second-order valence-electron chi connectivity index (χ2n) is 7.70. The third-order valence-corrected chi connectivity index (χ3v) is 7.02. The molecule has 0 amide bonds. The lowest BCUT2D eigenvalue weighted by atomic mass is 9.78. The number of ether oxygens (including phenoxy) is 1. The molecule has 2 aliphatic heterocycles. The summed E-state index contributed by atoms with van der Waals surface area (Å²) in [7, 11) is -0.878. The van der Waals surface area contributed by atoms with Crippen molar-refractivity contribution in [3.8, 4) is 0 Å². The maximum Gasteiger partial charge on any atom is 0.303 e. The summed E-state index contributed by atoms with van der Waals surface area (Å²) in [4.78, 5) is 10.6. The van der Waals surface area contributed by atoms with Gasteiger partial charge in [0.25, 0.3) is 0 Å². The topological polar surface area (TPSA) is 63.6 Å². The molecule has 4 nitrogen and oxygen atoms in total. The van der Waals surface area contributed by atoms with Gasteiger partial charge >= 0.3 is 5.97 Å². The van der Waals surface area contributed by atoms with Crippen LogP contribution in [0.2, 0.25) is 0 Å². The van der Waals surface area contributed by atoms with Gasteiger partial charge < -0.3 is 9.84 Å². The number of aliphatic carboxylic acids is 1. The fourth-order valence-electron chi connectivity index (χ4n) is 4.31. The number of hydrogen-bond donors (Lipinski definition) is 1. The number of hydrogen-bond acceptors (Lipinski definition) is 3. The predicted molar refractivity (Wildman–Crippen MR) is 113 cm³/mol. The summed E-state index contributed by atoms with van der Waals surface area (Å²) in [5, 5.41) is 8.68. The van der Waals surface area contributed by atoms with Gasteiger partial charge in [0.1, 0.15) is 0 Å². The van der Waals surface area contributed by atoms with Crippen LogP contribution in [0.4, 0.5) is 0 Å². The van der Waals surface area contributed by atoms with Crippen LogP contribution in [-0.2, 0) is 20.3 Å². The zero-order valence-corrected chi connectivity index (χ0v) is 17.1. The highest BCUT2D eigenvalue weighted by Gasteiger charge is 2.48. The summed E-state index contributed by atoms with van der Waals surface area (Å²) in [6.45, 7) is 0. The standard InChI is InChI=1S/C23H30O4S/c24-23(25)13-7-2-1-6-12-19-20(22-15-14-21(19)27-22)17-28(26)16-8-11-18-9-4-3-5-10-18/h1,3-6,8-11,19-22H,2,7,12-17H2,(H,24,25)/t19-,20+,21-,22+,28?/m1/s1. The van der Waals surface area contributed by atoms with Crippen molar-refractivity contribution in [3.05, 3.63) is 54.1 Å². The first kappa shape index (κ1) is 21.0. The highest BCUT2D eigenvalue weighted by Crippen LogP contribution is 2.45. The average molecular weight is 403 g/mol. The number of carboxylic acids is 1. The van der Waals surface area contributed by atoms with E-state index in [1.54, 1.807) is 0 Å². The van der Waals surface area contributed by atoms with Crippen LogP contribution in [0.25, 0.3) is 6.08 Å². The quantitative estimate of drug-likeness (QED) is 0.439. The number of benzene rings is 1. The van der Waals surface area contributed by atoms with Gasteiger partial charge in [0.15, 0.2) is 0 Å². The van der Waals surface area contributed by atoms with E-state index in [0.717, 1.165) is 31.2 Å². The normalized spacial score (nSPS) is 27.7. The fraction of sp³-hybridized carbons (Fsp3) is 0.522. The molecule has 1 N–H and O–H groups in total.